The number of hydrogen-bond donors (Lipinski definition) is 3. The molecular formula is C22H30N2O4S2. The van der Waals surface area contributed by atoms with E-state index in [1.54, 1.807) is 50.3 Å². The van der Waals surface area contributed by atoms with Crippen molar-refractivity contribution in [1.82, 2.24) is 4.72 Å². The van der Waals surface area contributed by atoms with Gasteiger partial charge in [0.15, 0.2) is 0 Å². The van der Waals surface area contributed by atoms with Crippen molar-refractivity contribution in [3.63, 3.8) is 0 Å². The summed E-state index contributed by atoms with van der Waals surface area (Å²) in [6.45, 7) is 5.58. The Morgan fingerprint density at radius 2 is 1.93 bits per heavy atom. The van der Waals surface area contributed by atoms with Gasteiger partial charge in [-0.15, -0.1) is 11.3 Å². The average molecular weight is 451 g/mol. The molecule has 164 valence electrons. The second-order valence-corrected chi connectivity index (χ2v) is 10.9. The summed E-state index contributed by atoms with van der Waals surface area (Å²) in [6, 6.07) is 8.81. The molecule has 1 saturated carbocycles. The lowest BCUT2D eigenvalue weighted by Crippen LogP contribution is -2.38. The minimum atomic E-state index is -3.69. The number of amides is 1. The summed E-state index contributed by atoms with van der Waals surface area (Å²) in [5.41, 5.74) is 0.951. The predicted octanol–water partition coefficient (Wildman–Crippen LogP) is 4.25. The second-order valence-electron chi connectivity index (χ2n) is 8.07. The Morgan fingerprint density at radius 3 is 2.50 bits per heavy atom. The number of aliphatic hydroxyl groups is 1. The maximum atomic E-state index is 13.1. The van der Waals surface area contributed by atoms with Crippen LogP contribution in [0.4, 0.5) is 5.69 Å². The zero-order valence-corrected chi connectivity index (χ0v) is 19.3. The molecule has 1 heterocycles. The lowest BCUT2D eigenvalue weighted by atomic mass is 9.85. The minimum Gasteiger partial charge on any atom is -0.388 e. The number of nitrogens with one attached hydrogen (secondary N) is 2. The second kappa shape index (κ2) is 9.18. The van der Waals surface area contributed by atoms with Crippen LogP contribution in [-0.2, 0) is 20.2 Å². The molecule has 1 fully saturated rings. The molecule has 0 spiro atoms. The van der Waals surface area contributed by atoms with Gasteiger partial charge in [0, 0.05) is 33.8 Å². The van der Waals surface area contributed by atoms with E-state index in [4.69, 9.17) is 0 Å². The monoisotopic (exact) mass is 450 g/mol. The molecule has 1 aromatic carbocycles. The Morgan fingerprint density at radius 1 is 1.23 bits per heavy atom. The van der Waals surface area contributed by atoms with Crippen molar-refractivity contribution in [3.8, 4) is 0 Å². The summed E-state index contributed by atoms with van der Waals surface area (Å²) in [5, 5.41) is 12.6. The van der Waals surface area contributed by atoms with E-state index >= 15 is 0 Å². The normalized spacial score (nSPS) is 17.1. The van der Waals surface area contributed by atoms with E-state index in [1.807, 2.05) is 12.1 Å². The van der Waals surface area contributed by atoms with Gasteiger partial charge in [0.25, 0.3) is 0 Å². The van der Waals surface area contributed by atoms with Crippen LogP contribution in [0, 0.1) is 6.92 Å². The van der Waals surface area contributed by atoms with Crippen LogP contribution in [-0.4, -0.2) is 26.0 Å². The lowest BCUT2D eigenvalue weighted by molar-refractivity contribution is -0.115. The smallest absolute Gasteiger partial charge is 0.240 e. The number of thiophene rings is 1. The number of sulfonamides is 1. The van der Waals surface area contributed by atoms with Gasteiger partial charge in [-0.3, -0.25) is 4.79 Å². The third kappa shape index (κ3) is 4.94. The van der Waals surface area contributed by atoms with Crippen LogP contribution in [0.15, 0.2) is 35.2 Å². The van der Waals surface area contributed by atoms with Gasteiger partial charge in [0.1, 0.15) is 0 Å². The van der Waals surface area contributed by atoms with Crippen LogP contribution in [0.1, 0.15) is 67.4 Å². The molecule has 1 unspecified atom stereocenters. The molecule has 3 N–H and O–H groups in total. The average Bonchev–Trinajstić information content (AvgIpc) is 3.36. The van der Waals surface area contributed by atoms with Gasteiger partial charge in [-0.25, -0.2) is 13.1 Å². The Kier molecular flexibility index (Phi) is 7.02. The molecule has 3 rings (SSSR count). The zero-order chi connectivity index (χ0) is 21.9. The molecular weight excluding hydrogens is 420 g/mol. The first-order valence-electron chi connectivity index (χ1n) is 10.4. The SMILES string of the molecule is CCC(=O)Nc1ccc(S(=O)(=O)NCC2(c3ccc(C(C)O)s3)CCCC2)c(C)c1. The number of carbonyl (C=O) groups is 1. The molecule has 0 aliphatic heterocycles. The summed E-state index contributed by atoms with van der Waals surface area (Å²) in [4.78, 5) is 13.8. The first-order valence-corrected chi connectivity index (χ1v) is 12.7. The van der Waals surface area contributed by atoms with E-state index in [2.05, 4.69) is 10.0 Å². The van der Waals surface area contributed by atoms with Gasteiger partial charge < -0.3 is 10.4 Å². The van der Waals surface area contributed by atoms with Crippen LogP contribution in [0.5, 0.6) is 0 Å². The van der Waals surface area contributed by atoms with Crippen molar-refractivity contribution in [3.05, 3.63) is 45.6 Å². The van der Waals surface area contributed by atoms with Crippen molar-refractivity contribution in [2.75, 3.05) is 11.9 Å². The largest absolute Gasteiger partial charge is 0.388 e. The first kappa shape index (κ1) is 22.9. The van der Waals surface area contributed by atoms with E-state index in [1.165, 1.54) is 0 Å². The molecule has 8 heteroatoms. The fraction of sp³-hybridized carbons (Fsp3) is 0.500. The molecule has 0 saturated heterocycles. The van der Waals surface area contributed by atoms with Gasteiger partial charge in [0.2, 0.25) is 15.9 Å². The number of benzene rings is 1. The maximum Gasteiger partial charge on any atom is 0.240 e. The molecule has 1 aliphatic carbocycles. The molecule has 30 heavy (non-hydrogen) atoms. The highest BCUT2D eigenvalue weighted by molar-refractivity contribution is 7.89. The first-order chi connectivity index (χ1) is 14.2. The molecule has 1 amide bonds. The number of carbonyl (C=O) groups excluding carboxylic acids is 1. The molecule has 2 aromatic rings. The molecule has 0 radical (unpaired) electrons. The van der Waals surface area contributed by atoms with Crippen LogP contribution < -0.4 is 10.0 Å². The van der Waals surface area contributed by atoms with E-state index in [9.17, 15) is 18.3 Å². The predicted molar refractivity (Wildman–Crippen MR) is 120 cm³/mol. The van der Waals surface area contributed by atoms with Crippen molar-refractivity contribution in [1.29, 1.82) is 0 Å². The van der Waals surface area contributed by atoms with Crippen molar-refractivity contribution >= 4 is 33.0 Å². The van der Waals surface area contributed by atoms with E-state index in [0.29, 0.717) is 24.2 Å². The highest BCUT2D eigenvalue weighted by Gasteiger charge is 2.38. The maximum absolute atomic E-state index is 13.1. The molecule has 1 aliphatic rings. The van der Waals surface area contributed by atoms with Gasteiger partial charge in [-0.05, 0) is 62.6 Å². The third-order valence-electron chi connectivity index (χ3n) is 5.79. The number of aliphatic hydroxyl groups excluding tert-OH is 1. The number of hydrogen-bond acceptors (Lipinski definition) is 5. The third-order valence-corrected chi connectivity index (χ3v) is 8.86. The van der Waals surface area contributed by atoms with Crippen LogP contribution in [0.25, 0.3) is 0 Å². The summed E-state index contributed by atoms with van der Waals surface area (Å²) in [7, 11) is -3.69. The van der Waals surface area contributed by atoms with E-state index < -0.39 is 16.1 Å². The van der Waals surface area contributed by atoms with Crippen LogP contribution >= 0.6 is 11.3 Å². The van der Waals surface area contributed by atoms with E-state index in [-0.39, 0.29) is 16.2 Å². The van der Waals surface area contributed by atoms with Crippen molar-refractivity contribution in [2.24, 2.45) is 0 Å². The molecule has 1 atom stereocenters. The Balaban J connectivity index is 1.79. The van der Waals surface area contributed by atoms with Crippen LogP contribution in [0.3, 0.4) is 0 Å². The Bertz CT molecular complexity index is 1010. The topological polar surface area (TPSA) is 95.5 Å². The lowest BCUT2D eigenvalue weighted by Gasteiger charge is -2.28. The van der Waals surface area contributed by atoms with Gasteiger partial charge in [-0.2, -0.15) is 0 Å². The molecule has 6 nitrogen and oxygen atoms in total. The fourth-order valence-electron chi connectivity index (χ4n) is 4.01. The quantitative estimate of drug-likeness (QED) is 0.560. The van der Waals surface area contributed by atoms with Crippen molar-refractivity contribution < 1.29 is 18.3 Å². The molecule has 1 aromatic heterocycles. The Hall–Kier alpha value is -1.74. The zero-order valence-electron chi connectivity index (χ0n) is 17.7. The van der Waals surface area contributed by atoms with Gasteiger partial charge >= 0.3 is 0 Å². The summed E-state index contributed by atoms with van der Waals surface area (Å²) in [6.07, 6.45) is 3.82. The summed E-state index contributed by atoms with van der Waals surface area (Å²) >= 11 is 1.57. The van der Waals surface area contributed by atoms with Gasteiger partial charge in [0.05, 0.1) is 11.0 Å². The number of aryl methyl sites for hydroxylation is 1. The highest BCUT2D eigenvalue weighted by atomic mass is 32.2. The number of rotatable bonds is 8. The highest BCUT2D eigenvalue weighted by Crippen LogP contribution is 2.44. The van der Waals surface area contributed by atoms with Gasteiger partial charge in [-0.1, -0.05) is 19.8 Å². The number of anilines is 1. The molecule has 0 bridgehead atoms. The fourth-order valence-corrected chi connectivity index (χ4v) is 6.55. The van der Waals surface area contributed by atoms with Crippen molar-refractivity contribution in [2.45, 2.75) is 69.3 Å². The van der Waals surface area contributed by atoms with E-state index in [0.717, 1.165) is 35.4 Å². The summed E-state index contributed by atoms with van der Waals surface area (Å²) < 4.78 is 28.9. The summed E-state index contributed by atoms with van der Waals surface area (Å²) in [5.74, 6) is -0.112. The standard InChI is InChI=1S/C22H30N2O4S2/c1-4-21(26)24-17-7-9-19(15(2)13-17)30(27,28)23-14-22(11-5-6-12-22)20-10-8-18(29-20)16(3)25/h7-10,13,16,23,25H,4-6,11-12,14H2,1-3H3,(H,24,26). The minimum absolute atomic E-state index is 0.112. The Labute approximate surface area is 182 Å². The van der Waals surface area contributed by atoms with Crippen LogP contribution in [0.2, 0.25) is 0 Å².